The Morgan fingerprint density at radius 1 is 1.62 bits per heavy atom. The molecule has 0 spiro atoms. The van der Waals surface area contributed by atoms with Crippen LogP contribution in [-0.4, -0.2) is 35.1 Å². The van der Waals surface area contributed by atoms with E-state index in [0.717, 1.165) is 0 Å². The van der Waals surface area contributed by atoms with Crippen molar-refractivity contribution in [3.63, 3.8) is 0 Å². The molecule has 0 N–H and O–H groups in total. The molecular weight excluding hydrogens is 232 g/mol. The molecule has 0 atom stereocenters. The third kappa shape index (κ3) is 2.26. The monoisotopic (exact) mass is 244 g/mol. The van der Waals surface area contributed by atoms with Crippen molar-refractivity contribution in [3.8, 4) is 0 Å². The number of ketones is 1. The summed E-state index contributed by atoms with van der Waals surface area (Å²) >= 11 is 5.92. The van der Waals surface area contributed by atoms with Crippen LogP contribution in [0, 0.1) is 0 Å². The van der Waals surface area contributed by atoms with Crippen molar-refractivity contribution < 1.29 is 14.3 Å². The van der Waals surface area contributed by atoms with Gasteiger partial charge in [0, 0.05) is 6.54 Å². The van der Waals surface area contributed by atoms with E-state index in [4.69, 9.17) is 21.1 Å². The summed E-state index contributed by atoms with van der Waals surface area (Å²) in [5, 5.41) is 4.39. The van der Waals surface area contributed by atoms with Crippen molar-refractivity contribution in [1.29, 1.82) is 0 Å². The molecule has 1 aliphatic heterocycles. The van der Waals surface area contributed by atoms with Crippen LogP contribution in [0.3, 0.4) is 0 Å². The molecule has 0 saturated carbocycles. The van der Waals surface area contributed by atoms with Gasteiger partial charge in [0.15, 0.2) is 12.1 Å². The summed E-state index contributed by atoms with van der Waals surface area (Å²) in [4.78, 5) is 12.0. The molecule has 2 heterocycles. The highest BCUT2D eigenvalue weighted by molar-refractivity contribution is 6.33. The Labute approximate surface area is 98.3 Å². The van der Waals surface area contributed by atoms with Gasteiger partial charge in [-0.1, -0.05) is 11.6 Å². The number of hydrogen-bond donors (Lipinski definition) is 0. The molecule has 1 aliphatic rings. The predicted molar refractivity (Wildman–Crippen MR) is 57.6 cm³/mol. The van der Waals surface area contributed by atoms with E-state index in [1.54, 1.807) is 4.68 Å². The SMILES string of the molecule is CCn1ncc(Cl)c1C(=O)CC1OCCO1. The largest absolute Gasteiger partial charge is 0.350 e. The van der Waals surface area contributed by atoms with Gasteiger partial charge in [-0.15, -0.1) is 0 Å². The lowest BCUT2D eigenvalue weighted by Gasteiger charge is -2.09. The molecule has 0 aliphatic carbocycles. The van der Waals surface area contributed by atoms with Crippen LogP contribution in [0.4, 0.5) is 0 Å². The van der Waals surface area contributed by atoms with E-state index < -0.39 is 6.29 Å². The molecule has 6 heteroatoms. The minimum Gasteiger partial charge on any atom is -0.350 e. The predicted octanol–water partition coefficient (Wildman–Crippen LogP) is 1.50. The van der Waals surface area contributed by atoms with Crippen LogP contribution < -0.4 is 0 Å². The van der Waals surface area contributed by atoms with Gasteiger partial charge in [-0.05, 0) is 6.92 Å². The minimum atomic E-state index is -0.441. The minimum absolute atomic E-state index is 0.101. The molecule has 2 rings (SSSR count). The number of carbonyl (C=O) groups excluding carboxylic acids is 1. The first kappa shape index (κ1) is 11.6. The van der Waals surface area contributed by atoms with Gasteiger partial charge in [-0.3, -0.25) is 9.48 Å². The zero-order valence-corrected chi connectivity index (χ0v) is 9.74. The fourth-order valence-electron chi connectivity index (χ4n) is 1.65. The number of Topliss-reactive ketones (excluding diaryl/α,β-unsaturated/α-hetero) is 1. The van der Waals surface area contributed by atoms with Gasteiger partial charge in [0.05, 0.1) is 30.9 Å². The second-order valence-corrected chi connectivity index (χ2v) is 3.86. The molecule has 1 aromatic heterocycles. The number of hydrogen-bond acceptors (Lipinski definition) is 4. The van der Waals surface area contributed by atoms with Gasteiger partial charge in [-0.25, -0.2) is 0 Å². The van der Waals surface area contributed by atoms with Crippen molar-refractivity contribution >= 4 is 17.4 Å². The summed E-state index contributed by atoms with van der Waals surface area (Å²) < 4.78 is 12.0. The van der Waals surface area contributed by atoms with Crippen molar-refractivity contribution in [3.05, 3.63) is 16.9 Å². The molecule has 88 valence electrons. The number of nitrogens with zero attached hydrogens (tertiary/aromatic N) is 2. The molecule has 0 bridgehead atoms. The lowest BCUT2D eigenvalue weighted by Crippen LogP contribution is -2.18. The average Bonchev–Trinajstić information content (AvgIpc) is 2.87. The van der Waals surface area contributed by atoms with Crippen LogP contribution in [0.1, 0.15) is 23.8 Å². The maximum absolute atomic E-state index is 12.0. The Bertz CT molecular complexity index is 385. The summed E-state index contributed by atoms with van der Waals surface area (Å²) in [5.74, 6) is -0.101. The van der Waals surface area contributed by atoms with Crippen LogP contribution in [0.25, 0.3) is 0 Å². The van der Waals surface area contributed by atoms with E-state index in [-0.39, 0.29) is 12.2 Å². The van der Waals surface area contributed by atoms with E-state index in [0.29, 0.717) is 30.5 Å². The summed E-state index contributed by atoms with van der Waals surface area (Å²) in [7, 11) is 0. The van der Waals surface area contributed by atoms with Crippen molar-refractivity contribution in [2.24, 2.45) is 0 Å². The summed E-state index contributed by atoms with van der Waals surface area (Å²) in [6, 6.07) is 0. The maximum atomic E-state index is 12.0. The number of halogens is 1. The third-order valence-corrected chi connectivity index (χ3v) is 2.68. The van der Waals surface area contributed by atoms with Crippen molar-refractivity contribution in [1.82, 2.24) is 9.78 Å². The van der Waals surface area contributed by atoms with Crippen molar-refractivity contribution in [2.45, 2.75) is 26.2 Å². The smallest absolute Gasteiger partial charge is 0.187 e. The first-order valence-corrected chi connectivity index (χ1v) is 5.58. The number of aryl methyl sites for hydroxylation is 1. The number of ether oxygens (including phenoxy) is 2. The Morgan fingerprint density at radius 3 is 2.94 bits per heavy atom. The second kappa shape index (κ2) is 4.95. The van der Waals surface area contributed by atoms with Gasteiger partial charge < -0.3 is 9.47 Å². The Kier molecular flexibility index (Phi) is 3.58. The topological polar surface area (TPSA) is 53.4 Å². The molecule has 16 heavy (non-hydrogen) atoms. The molecule has 0 amide bonds. The Balaban J connectivity index is 2.10. The molecule has 1 saturated heterocycles. The highest BCUT2D eigenvalue weighted by Gasteiger charge is 2.24. The van der Waals surface area contributed by atoms with E-state index in [1.165, 1.54) is 6.20 Å². The first-order chi connectivity index (χ1) is 7.72. The number of aromatic nitrogens is 2. The third-order valence-electron chi connectivity index (χ3n) is 2.40. The molecule has 0 aromatic carbocycles. The second-order valence-electron chi connectivity index (χ2n) is 3.46. The number of rotatable bonds is 4. The maximum Gasteiger partial charge on any atom is 0.187 e. The van der Waals surface area contributed by atoms with E-state index >= 15 is 0 Å². The highest BCUT2D eigenvalue weighted by Crippen LogP contribution is 2.19. The first-order valence-electron chi connectivity index (χ1n) is 5.20. The lowest BCUT2D eigenvalue weighted by atomic mass is 10.2. The molecule has 0 unspecified atom stereocenters. The van der Waals surface area contributed by atoms with E-state index in [1.807, 2.05) is 6.92 Å². The van der Waals surface area contributed by atoms with Gasteiger partial charge in [0.2, 0.25) is 0 Å². The Morgan fingerprint density at radius 2 is 2.31 bits per heavy atom. The molecule has 1 fully saturated rings. The fraction of sp³-hybridized carbons (Fsp3) is 0.600. The van der Waals surface area contributed by atoms with Crippen LogP contribution in [0.15, 0.2) is 6.20 Å². The summed E-state index contributed by atoms with van der Waals surface area (Å²) in [5.41, 5.74) is 0.434. The summed E-state index contributed by atoms with van der Waals surface area (Å²) in [6.07, 6.45) is 1.23. The van der Waals surface area contributed by atoms with E-state index in [9.17, 15) is 4.79 Å². The molecule has 5 nitrogen and oxygen atoms in total. The zero-order chi connectivity index (χ0) is 11.5. The lowest BCUT2D eigenvalue weighted by molar-refractivity contribution is -0.0409. The van der Waals surface area contributed by atoms with Crippen LogP contribution >= 0.6 is 11.6 Å². The quantitative estimate of drug-likeness (QED) is 0.754. The van der Waals surface area contributed by atoms with Gasteiger partial charge in [0.1, 0.15) is 5.69 Å². The number of carbonyl (C=O) groups is 1. The summed E-state index contributed by atoms with van der Waals surface area (Å²) in [6.45, 7) is 3.60. The Hall–Kier alpha value is -0.910. The van der Waals surface area contributed by atoms with E-state index in [2.05, 4.69) is 5.10 Å². The van der Waals surface area contributed by atoms with Gasteiger partial charge >= 0.3 is 0 Å². The molecule has 1 aromatic rings. The zero-order valence-electron chi connectivity index (χ0n) is 8.98. The molecule has 0 radical (unpaired) electrons. The fourth-order valence-corrected chi connectivity index (χ4v) is 1.90. The highest BCUT2D eigenvalue weighted by atomic mass is 35.5. The van der Waals surface area contributed by atoms with Crippen LogP contribution in [0.5, 0.6) is 0 Å². The standard InChI is InChI=1S/C10H13ClN2O3/c1-2-13-10(7(11)6-12-13)8(14)5-9-15-3-4-16-9/h6,9H,2-5H2,1H3. The van der Waals surface area contributed by atoms with Crippen LogP contribution in [0.2, 0.25) is 5.02 Å². The normalized spacial score (nSPS) is 16.9. The van der Waals surface area contributed by atoms with Gasteiger partial charge in [-0.2, -0.15) is 5.10 Å². The van der Waals surface area contributed by atoms with Crippen molar-refractivity contribution in [2.75, 3.05) is 13.2 Å². The van der Waals surface area contributed by atoms with Gasteiger partial charge in [0.25, 0.3) is 0 Å². The average molecular weight is 245 g/mol. The van der Waals surface area contributed by atoms with Crippen LogP contribution in [-0.2, 0) is 16.0 Å². The molecular formula is C10H13ClN2O3.